The van der Waals surface area contributed by atoms with Gasteiger partial charge in [-0.05, 0) is 35.3 Å². The maximum Gasteiger partial charge on any atom is 0.256 e. The van der Waals surface area contributed by atoms with Crippen molar-refractivity contribution in [1.82, 2.24) is 0 Å². The zero-order chi connectivity index (χ0) is 8.74. The standard InChI is InChI=1S/C7H11Cl2OP/c1-2-3-4-5-6-7-11(8,9)10/h2,5-6H,1,3-4,7H2/b6-5+. The van der Waals surface area contributed by atoms with Crippen LogP contribution >= 0.6 is 28.3 Å². The van der Waals surface area contributed by atoms with Crippen molar-refractivity contribution in [3.05, 3.63) is 24.8 Å². The van der Waals surface area contributed by atoms with E-state index in [9.17, 15) is 4.57 Å². The van der Waals surface area contributed by atoms with Gasteiger partial charge in [-0.3, -0.25) is 4.57 Å². The van der Waals surface area contributed by atoms with Crippen molar-refractivity contribution >= 4 is 28.3 Å². The largest absolute Gasteiger partial charge is 0.289 e. The van der Waals surface area contributed by atoms with Crippen molar-refractivity contribution in [2.75, 3.05) is 6.16 Å². The molecule has 0 N–H and O–H groups in total. The van der Waals surface area contributed by atoms with Crippen LogP contribution in [0.5, 0.6) is 0 Å². The molecule has 0 atom stereocenters. The van der Waals surface area contributed by atoms with Crippen LogP contribution in [0.3, 0.4) is 0 Å². The molecule has 4 heteroatoms. The Labute approximate surface area is 77.0 Å². The lowest BCUT2D eigenvalue weighted by atomic mass is 10.3. The summed E-state index contributed by atoms with van der Waals surface area (Å²) >= 11 is 10.6. The molecule has 0 aromatic carbocycles. The molecular weight excluding hydrogens is 202 g/mol. The highest BCUT2D eigenvalue weighted by atomic mass is 35.9. The van der Waals surface area contributed by atoms with E-state index in [-0.39, 0.29) is 6.16 Å². The highest BCUT2D eigenvalue weighted by molar-refractivity contribution is 8.08. The zero-order valence-corrected chi connectivity index (χ0v) is 8.58. The fraction of sp³-hybridized carbons (Fsp3) is 0.429. The van der Waals surface area contributed by atoms with Gasteiger partial charge in [0.1, 0.15) is 0 Å². The van der Waals surface area contributed by atoms with Crippen molar-refractivity contribution < 1.29 is 4.57 Å². The summed E-state index contributed by atoms with van der Waals surface area (Å²) in [5, 5.41) is 0. The normalized spacial score (nSPS) is 12.2. The van der Waals surface area contributed by atoms with E-state index in [1.807, 2.05) is 12.2 Å². The number of hydrogen-bond acceptors (Lipinski definition) is 1. The van der Waals surface area contributed by atoms with Crippen molar-refractivity contribution in [2.45, 2.75) is 12.8 Å². The van der Waals surface area contributed by atoms with E-state index >= 15 is 0 Å². The van der Waals surface area contributed by atoms with Gasteiger partial charge in [-0.25, -0.2) is 0 Å². The minimum Gasteiger partial charge on any atom is -0.289 e. The minimum absolute atomic E-state index is 0.257. The van der Waals surface area contributed by atoms with Gasteiger partial charge in [-0.1, -0.05) is 18.2 Å². The zero-order valence-electron chi connectivity index (χ0n) is 6.17. The highest BCUT2D eigenvalue weighted by Gasteiger charge is 2.09. The van der Waals surface area contributed by atoms with Gasteiger partial charge < -0.3 is 0 Å². The van der Waals surface area contributed by atoms with E-state index in [1.54, 1.807) is 6.08 Å². The summed E-state index contributed by atoms with van der Waals surface area (Å²) in [7, 11) is 0. The number of halogens is 2. The monoisotopic (exact) mass is 212 g/mol. The number of unbranched alkanes of at least 4 members (excludes halogenated alkanes) is 1. The smallest absolute Gasteiger partial charge is 0.256 e. The van der Waals surface area contributed by atoms with E-state index in [4.69, 9.17) is 22.5 Å². The second-order valence-electron chi connectivity index (χ2n) is 2.09. The van der Waals surface area contributed by atoms with Gasteiger partial charge in [-0.15, -0.1) is 6.58 Å². The third-order valence-electron chi connectivity index (χ3n) is 1.02. The topological polar surface area (TPSA) is 17.1 Å². The Bertz CT molecular complexity index is 183. The fourth-order valence-electron chi connectivity index (χ4n) is 0.529. The Morgan fingerprint density at radius 2 is 1.91 bits per heavy atom. The predicted octanol–water partition coefficient (Wildman–Crippen LogP) is 4.18. The van der Waals surface area contributed by atoms with Crippen LogP contribution in [0.4, 0.5) is 0 Å². The van der Waals surface area contributed by atoms with Crippen molar-refractivity contribution in [2.24, 2.45) is 0 Å². The Hall–Kier alpha value is 0.290. The average molecular weight is 213 g/mol. The summed E-state index contributed by atoms with van der Waals surface area (Å²) in [5.74, 6) is -2.88. The average Bonchev–Trinajstić information content (AvgIpc) is 1.85. The van der Waals surface area contributed by atoms with Gasteiger partial charge in [-0.2, -0.15) is 0 Å². The minimum atomic E-state index is -2.88. The van der Waals surface area contributed by atoms with E-state index < -0.39 is 5.85 Å². The lowest BCUT2D eigenvalue weighted by Gasteiger charge is -1.93. The molecule has 0 spiro atoms. The van der Waals surface area contributed by atoms with Crippen LogP contribution in [0, 0.1) is 0 Å². The summed E-state index contributed by atoms with van der Waals surface area (Å²) in [6, 6.07) is 0. The second kappa shape index (κ2) is 5.88. The lowest BCUT2D eigenvalue weighted by Crippen LogP contribution is -1.70. The molecule has 1 nitrogen and oxygen atoms in total. The van der Waals surface area contributed by atoms with Crippen LogP contribution in [0.1, 0.15) is 12.8 Å². The van der Waals surface area contributed by atoms with Crippen LogP contribution in [0.15, 0.2) is 24.8 Å². The van der Waals surface area contributed by atoms with Gasteiger partial charge in [0.15, 0.2) is 0 Å². The summed E-state index contributed by atoms with van der Waals surface area (Å²) < 4.78 is 10.7. The number of allylic oxidation sites excluding steroid dienone is 3. The molecule has 0 saturated heterocycles. The molecule has 0 amide bonds. The van der Waals surface area contributed by atoms with Crippen LogP contribution in [-0.2, 0) is 4.57 Å². The molecule has 0 aliphatic heterocycles. The lowest BCUT2D eigenvalue weighted by molar-refractivity contribution is 0.594. The van der Waals surface area contributed by atoms with Gasteiger partial charge in [0.05, 0.1) is 0 Å². The van der Waals surface area contributed by atoms with Crippen molar-refractivity contribution in [1.29, 1.82) is 0 Å². The first-order valence-corrected chi connectivity index (χ1v) is 7.01. The van der Waals surface area contributed by atoms with E-state index in [1.165, 1.54) is 0 Å². The second-order valence-corrected chi connectivity index (χ2v) is 7.39. The van der Waals surface area contributed by atoms with E-state index in [2.05, 4.69) is 6.58 Å². The fourth-order valence-corrected chi connectivity index (χ4v) is 1.40. The van der Waals surface area contributed by atoms with Gasteiger partial charge in [0.25, 0.3) is 5.85 Å². The van der Waals surface area contributed by atoms with Crippen LogP contribution in [0.25, 0.3) is 0 Å². The molecule has 0 aliphatic rings. The molecule has 0 aliphatic carbocycles. The molecule has 0 heterocycles. The van der Waals surface area contributed by atoms with Crippen molar-refractivity contribution in [3.8, 4) is 0 Å². The van der Waals surface area contributed by atoms with Crippen molar-refractivity contribution in [3.63, 3.8) is 0 Å². The number of hydrogen-bond donors (Lipinski definition) is 0. The summed E-state index contributed by atoms with van der Waals surface area (Å²) in [5.41, 5.74) is 0. The Morgan fingerprint density at radius 3 is 2.36 bits per heavy atom. The third-order valence-corrected chi connectivity index (χ3v) is 2.49. The molecule has 0 bridgehead atoms. The van der Waals surface area contributed by atoms with E-state index in [0.717, 1.165) is 12.8 Å². The summed E-state index contributed by atoms with van der Waals surface area (Å²) in [6.07, 6.45) is 7.55. The molecule has 0 aromatic rings. The first-order valence-electron chi connectivity index (χ1n) is 3.30. The SMILES string of the molecule is C=CCC/C=C/CP(=O)(Cl)Cl. The Balaban J connectivity index is 3.45. The third kappa shape index (κ3) is 10.3. The van der Waals surface area contributed by atoms with Gasteiger partial charge in [0, 0.05) is 6.16 Å². The molecule has 0 aromatic heterocycles. The van der Waals surface area contributed by atoms with Crippen LogP contribution < -0.4 is 0 Å². The summed E-state index contributed by atoms with van der Waals surface area (Å²) in [6.45, 7) is 3.57. The first-order chi connectivity index (χ1) is 5.06. The molecule has 0 unspecified atom stereocenters. The van der Waals surface area contributed by atoms with E-state index in [0.29, 0.717) is 0 Å². The molecular formula is C7H11Cl2OP. The van der Waals surface area contributed by atoms with Gasteiger partial charge in [0.2, 0.25) is 0 Å². The molecule has 0 rings (SSSR count). The molecule has 11 heavy (non-hydrogen) atoms. The summed E-state index contributed by atoms with van der Waals surface area (Å²) in [4.78, 5) is 0. The van der Waals surface area contributed by atoms with Crippen LogP contribution in [-0.4, -0.2) is 6.16 Å². The predicted molar refractivity (Wildman–Crippen MR) is 52.8 cm³/mol. The maximum absolute atomic E-state index is 10.7. The quantitative estimate of drug-likeness (QED) is 0.380. The first kappa shape index (κ1) is 11.3. The number of rotatable bonds is 5. The molecule has 0 radical (unpaired) electrons. The highest BCUT2D eigenvalue weighted by Crippen LogP contribution is 2.56. The molecule has 0 fully saturated rings. The Morgan fingerprint density at radius 1 is 1.27 bits per heavy atom. The molecule has 0 saturated carbocycles. The molecule has 64 valence electrons. The Kier molecular flexibility index (Phi) is 6.03. The maximum atomic E-state index is 10.7. The van der Waals surface area contributed by atoms with Crippen LogP contribution in [0.2, 0.25) is 0 Å². The van der Waals surface area contributed by atoms with Gasteiger partial charge >= 0.3 is 0 Å².